The van der Waals surface area contributed by atoms with Gasteiger partial charge in [-0.15, -0.1) is 0 Å². The minimum atomic E-state index is -0.115. The Bertz CT molecular complexity index is 495. The highest BCUT2D eigenvalue weighted by Gasteiger charge is 2.23. The van der Waals surface area contributed by atoms with E-state index in [1.807, 2.05) is 6.26 Å². The van der Waals surface area contributed by atoms with Gasteiger partial charge in [-0.2, -0.15) is 11.8 Å². The number of thiazole rings is 1. The molecule has 0 saturated carbocycles. The van der Waals surface area contributed by atoms with Crippen molar-refractivity contribution in [2.75, 3.05) is 36.5 Å². The van der Waals surface area contributed by atoms with Crippen LogP contribution in [-0.2, 0) is 0 Å². The van der Waals surface area contributed by atoms with E-state index >= 15 is 0 Å². The number of nitrogen functional groups attached to an aromatic ring is 1. The summed E-state index contributed by atoms with van der Waals surface area (Å²) < 4.78 is 0.0187. The van der Waals surface area contributed by atoms with Crippen LogP contribution in [0.1, 0.15) is 42.8 Å². The molecular weight excluding hydrogens is 304 g/mol. The van der Waals surface area contributed by atoms with Gasteiger partial charge in [0.05, 0.1) is 0 Å². The number of carbonyl (C=O) groups excluding carboxylic acids is 1. The molecule has 7 heteroatoms. The van der Waals surface area contributed by atoms with Crippen molar-refractivity contribution in [2.45, 2.75) is 37.9 Å². The van der Waals surface area contributed by atoms with Crippen LogP contribution in [0.3, 0.4) is 0 Å². The molecule has 0 bridgehead atoms. The molecule has 2 rings (SSSR count). The first-order chi connectivity index (χ1) is 9.93. The van der Waals surface area contributed by atoms with Crippen molar-refractivity contribution >= 4 is 40.0 Å². The molecule has 0 unspecified atom stereocenters. The molecule has 1 aliphatic heterocycles. The highest BCUT2D eigenvalue weighted by molar-refractivity contribution is 7.99. The van der Waals surface area contributed by atoms with E-state index in [-0.39, 0.29) is 10.7 Å². The zero-order valence-corrected chi connectivity index (χ0v) is 14.6. The number of hydrogen-bond donors (Lipinski definition) is 2. The number of anilines is 2. The zero-order valence-electron chi connectivity index (χ0n) is 12.9. The van der Waals surface area contributed by atoms with Crippen LogP contribution in [0.15, 0.2) is 0 Å². The number of nitrogens with two attached hydrogens (primary N) is 1. The highest BCUT2D eigenvalue weighted by atomic mass is 32.2. The van der Waals surface area contributed by atoms with E-state index in [0.717, 1.165) is 18.2 Å². The third kappa shape index (κ3) is 4.26. The maximum atomic E-state index is 12.3. The topological polar surface area (TPSA) is 71.2 Å². The Hall–Kier alpha value is -0.950. The van der Waals surface area contributed by atoms with Gasteiger partial charge in [0.2, 0.25) is 0 Å². The summed E-state index contributed by atoms with van der Waals surface area (Å²) in [6, 6.07) is 0. The second-order valence-electron chi connectivity index (χ2n) is 5.91. The number of nitrogens with one attached hydrogen (secondary N) is 1. The van der Waals surface area contributed by atoms with Crippen LogP contribution in [0, 0.1) is 0 Å². The molecule has 0 aliphatic carbocycles. The fourth-order valence-corrected chi connectivity index (χ4v) is 3.32. The summed E-state index contributed by atoms with van der Waals surface area (Å²) in [6.07, 6.45) is 5.68. The Morgan fingerprint density at radius 2 is 2.10 bits per heavy atom. The van der Waals surface area contributed by atoms with Crippen LogP contribution in [0.4, 0.5) is 10.9 Å². The van der Waals surface area contributed by atoms with E-state index in [4.69, 9.17) is 5.73 Å². The molecular formula is C14H24N4OS2. The maximum absolute atomic E-state index is 12.3. The highest BCUT2D eigenvalue weighted by Crippen LogP contribution is 2.30. The van der Waals surface area contributed by atoms with E-state index < -0.39 is 0 Å². The van der Waals surface area contributed by atoms with Gasteiger partial charge in [0, 0.05) is 24.4 Å². The Balaban J connectivity index is 2.02. The smallest absolute Gasteiger partial charge is 0.265 e. The van der Waals surface area contributed by atoms with Gasteiger partial charge in [-0.3, -0.25) is 4.79 Å². The van der Waals surface area contributed by atoms with Crippen molar-refractivity contribution in [3.63, 3.8) is 0 Å². The molecule has 5 nitrogen and oxygen atoms in total. The van der Waals surface area contributed by atoms with Crippen molar-refractivity contribution in [1.82, 2.24) is 10.3 Å². The summed E-state index contributed by atoms with van der Waals surface area (Å²) in [5, 5.41) is 3.84. The van der Waals surface area contributed by atoms with Crippen molar-refractivity contribution < 1.29 is 4.79 Å². The summed E-state index contributed by atoms with van der Waals surface area (Å²) in [5.74, 6) is 0.232. The first-order valence-corrected chi connectivity index (χ1v) is 9.32. The van der Waals surface area contributed by atoms with Crippen LogP contribution in [-0.4, -0.2) is 41.5 Å². The van der Waals surface area contributed by atoms with Gasteiger partial charge < -0.3 is 16.0 Å². The number of carbonyl (C=O) groups is 1. The number of nitrogens with zero attached hydrogens (tertiary/aromatic N) is 2. The lowest BCUT2D eigenvalue weighted by atomic mass is 10.1. The zero-order chi connectivity index (χ0) is 15.5. The number of hydrogen-bond acceptors (Lipinski definition) is 6. The fraction of sp³-hybridized carbons (Fsp3) is 0.714. The maximum Gasteiger partial charge on any atom is 0.265 e. The van der Waals surface area contributed by atoms with Gasteiger partial charge in [0.1, 0.15) is 10.7 Å². The van der Waals surface area contributed by atoms with Gasteiger partial charge in [-0.25, -0.2) is 4.98 Å². The molecule has 3 N–H and O–H groups in total. The summed E-state index contributed by atoms with van der Waals surface area (Å²) >= 11 is 3.13. The monoisotopic (exact) mass is 328 g/mol. The molecule has 1 aliphatic rings. The van der Waals surface area contributed by atoms with Crippen molar-refractivity contribution in [2.24, 2.45) is 0 Å². The van der Waals surface area contributed by atoms with Gasteiger partial charge in [-0.05, 0) is 39.4 Å². The summed E-state index contributed by atoms with van der Waals surface area (Å²) in [6.45, 7) is 6.84. The second kappa shape index (κ2) is 6.87. The third-order valence-electron chi connectivity index (χ3n) is 3.70. The van der Waals surface area contributed by atoms with Crippen LogP contribution >= 0.6 is 23.1 Å². The van der Waals surface area contributed by atoms with E-state index in [1.165, 1.54) is 30.6 Å². The van der Waals surface area contributed by atoms with Crippen molar-refractivity contribution in [3.05, 3.63) is 4.88 Å². The quantitative estimate of drug-likeness (QED) is 0.869. The van der Waals surface area contributed by atoms with Crippen molar-refractivity contribution in [1.29, 1.82) is 0 Å². The van der Waals surface area contributed by atoms with E-state index in [2.05, 4.69) is 29.0 Å². The lowest BCUT2D eigenvalue weighted by molar-refractivity contribution is 0.0955. The predicted molar refractivity (Wildman–Crippen MR) is 92.5 cm³/mol. The van der Waals surface area contributed by atoms with Crippen LogP contribution in [0.25, 0.3) is 0 Å². The Morgan fingerprint density at radius 3 is 2.71 bits per heavy atom. The summed E-state index contributed by atoms with van der Waals surface area (Å²) in [5.41, 5.74) is 5.93. The minimum absolute atomic E-state index is 0.0187. The number of amides is 1. The molecule has 2 heterocycles. The molecule has 0 spiro atoms. The first-order valence-electron chi connectivity index (χ1n) is 7.27. The minimum Gasteiger partial charge on any atom is -0.382 e. The van der Waals surface area contributed by atoms with Gasteiger partial charge in [0.15, 0.2) is 5.13 Å². The number of rotatable bonds is 5. The Morgan fingerprint density at radius 1 is 1.43 bits per heavy atom. The summed E-state index contributed by atoms with van der Waals surface area (Å²) in [7, 11) is 0. The Kier molecular flexibility index (Phi) is 5.37. The Labute approximate surface area is 134 Å². The lowest BCUT2D eigenvalue weighted by Crippen LogP contribution is -2.36. The van der Waals surface area contributed by atoms with Gasteiger partial charge in [-0.1, -0.05) is 11.3 Å². The predicted octanol–water partition coefficient (Wildman–Crippen LogP) is 2.59. The molecule has 0 aromatic carbocycles. The summed E-state index contributed by atoms with van der Waals surface area (Å²) in [4.78, 5) is 19.4. The molecule has 1 fully saturated rings. The number of thioether (sulfide) groups is 1. The molecule has 1 saturated heterocycles. The van der Waals surface area contributed by atoms with Gasteiger partial charge >= 0.3 is 0 Å². The van der Waals surface area contributed by atoms with Crippen molar-refractivity contribution in [3.8, 4) is 0 Å². The SMILES string of the molecule is CSC(C)(C)CNC(=O)c1sc(N2CCCCC2)nc1N. The van der Waals surface area contributed by atoms with E-state index in [9.17, 15) is 4.79 Å². The largest absolute Gasteiger partial charge is 0.382 e. The molecule has 118 valence electrons. The number of piperidine rings is 1. The molecule has 1 amide bonds. The van der Waals surface area contributed by atoms with Crippen LogP contribution in [0.2, 0.25) is 0 Å². The molecule has 1 aromatic heterocycles. The normalized spacial score (nSPS) is 16.0. The third-order valence-corrected chi connectivity index (χ3v) is 6.08. The second-order valence-corrected chi connectivity index (χ2v) is 8.40. The standard InChI is InChI=1S/C14H24N4OS2/c1-14(2,20-3)9-16-12(19)10-11(15)17-13(21-10)18-7-5-4-6-8-18/h4-9,15H2,1-3H3,(H,16,19). The number of aromatic nitrogens is 1. The molecule has 0 radical (unpaired) electrons. The van der Waals surface area contributed by atoms with Gasteiger partial charge in [0.25, 0.3) is 5.91 Å². The first kappa shape index (κ1) is 16.4. The molecule has 0 atom stereocenters. The lowest BCUT2D eigenvalue weighted by Gasteiger charge is -2.25. The average Bonchev–Trinajstić information content (AvgIpc) is 2.88. The fourth-order valence-electron chi connectivity index (χ4n) is 2.15. The van der Waals surface area contributed by atoms with E-state index in [1.54, 1.807) is 11.8 Å². The molecule has 21 heavy (non-hydrogen) atoms. The van der Waals surface area contributed by atoms with E-state index in [0.29, 0.717) is 17.2 Å². The molecule has 1 aromatic rings. The van der Waals surface area contributed by atoms with Crippen LogP contribution < -0.4 is 16.0 Å². The van der Waals surface area contributed by atoms with Crippen LogP contribution in [0.5, 0.6) is 0 Å². The average molecular weight is 329 g/mol.